The number of aromatic nitrogens is 1. The van der Waals surface area contributed by atoms with Crippen LogP contribution in [0.1, 0.15) is 52.0 Å². The number of aliphatic imine (C=N–C) groups is 1. The van der Waals surface area contributed by atoms with Crippen molar-refractivity contribution in [2.24, 2.45) is 4.99 Å². The van der Waals surface area contributed by atoms with Crippen molar-refractivity contribution in [2.75, 3.05) is 32.8 Å². The fourth-order valence-electron chi connectivity index (χ4n) is 3.04. The molecule has 1 aromatic heterocycles. The van der Waals surface area contributed by atoms with Crippen LogP contribution in [-0.4, -0.2) is 54.8 Å². The maximum Gasteiger partial charge on any atom is 0.218 e. The number of ether oxygens (including phenoxy) is 2. The minimum Gasteiger partial charge on any atom is -0.477 e. The van der Waals surface area contributed by atoms with Crippen molar-refractivity contribution in [1.82, 2.24) is 15.2 Å². The van der Waals surface area contributed by atoms with E-state index in [9.17, 15) is 0 Å². The Hall–Kier alpha value is -1.82. The van der Waals surface area contributed by atoms with Gasteiger partial charge in [-0.2, -0.15) is 0 Å². The Labute approximate surface area is 158 Å². The van der Waals surface area contributed by atoms with Crippen LogP contribution in [0.2, 0.25) is 0 Å². The second-order valence-corrected chi connectivity index (χ2v) is 6.48. The molecule has 26 heavy (non-hydrogen) atoms. The zero-order chi connectivity index (χ0) is 18.6. The van der Waals surface area contributed by atoms with Gasteiger partial charge in [0, 0.05) is 38.0 Å². The van der Waals surface area contributed by atoms with Crippen molar-refractivity contribution in [2.45, 2.75) is 59.1 Å². The monoisotopic (exact) mass is 362 g/mol. The molecule has 1 aromatic rings. The van der Waals surface area contributed by atoms with Crippen LogP contribution in [0, 0.1) is 0 Å². The Bertz CT molecular complexity index is 542. The van der Waals surface area contributed by atoms with Gasteiger partial charge in [-0.1, -0.05) is 19.4 Å². The van der Waals surface area contributed by atoms with Gasteiger partial charge in [-0.25, -0.2) is 9.98 Å². The molecule has 146 valence electrons. The molecule has 0 atom stereocenters. The first-order valence-corrected chi connectivity index (χ1v) is 10.00. The van der Waals surface area contributed by atoms with Gasteiger partial charge >= 0.3 is 0 Å². The molecular formula is C20H34N4O2. The number of piperidine rings is 1. The fraction of sp³-hybridized carbons (Fsp3) is 0.700. The van der Waals surface area contributed by atoms with Crippen molar-refractivity contribution in [3.8, 4) is 5.88 Å². The van der Waals surface area contributed by atoms with Gasteiger partial charge in [-0.05, 0) is 39.2 Å². The highest BCUT2D eigenvalue weighted by atomic mass is 16.5. The Morgan fingerprint density at radius 1 is 1.31 bits per heavy atom. The highest BCUT2D eigenvalue weighted by Crippen LogP contribution is 2.17. The minimum absolute atomic E-state index is 0.385. The molecule has 0 spiro atoms. The lowest BCUT2D eigenvalue weighted by Gasteiger charge is -2.34. The van der Waals surface area contributed by atoms with Gasteiger partial charge < -0.3 is 19.7 Å². The number of rotatable bonds is 9. The normalized spacial score (nSPS) is 16.0. The standard InChI is InChI=1S/C20H34N4O2/c1-4-7-15-26-19-17(9-8-12-22-19)16-23-20(21-5-2)24-13-10-18(11-14-24)25-6-3/h8-9,12,18H,4-7,10-11,13-16H2,1-3H3,(H,21,23). The molecule has 2 rings (SSSR count). The number of hydrogen-bond donors (Lipinski definition) is 1. The lowest BCUT2D eigenvalue weighted by atomic mass is 10.1. The number of nitrogens with zero attached hydrogens (tertiary/aromatic N) is 3. The number of nitrogens with one attached hydrogen (secondary N) is 1. The average Bonchev–Trinajstić information content (AvgIpc) is 2.67. The molecular weight excluding hydrogens is 328 g/mol. The third kappa shape index (κ3) is 6.48. The fourth-order valence-corrected chi connectivity index (χ4v) is 3.04. The summed E-state index contributed by atoms with van der Waals surface area (Å²) in [4.78, 5) is 11.5. The zero-order valence-corrected chi connectivity index (χ0v) is 16.5. The number of hydrogen-bond acceptors (Lipinski definition) is 4. The van der Waals surface area contributed by atoms with Gasteiger partial charge in [0.1, 0.15) is 0 Å². The first-order valence-electron chi connectivity index (χ1n) is 10.00. The van der Waals surface area contributed by atoms with Crippen molar-refractivity contribution >= 4 is 5.96 Å². The number of likely N-dealkylation sites (tertiary alicyclic amines) is 1. The second kappa shape index (κ2) is 11.7. The molecule has 1 saturated heterocycles. The number of pyridine rings is 1. The summed E-state index contributed by atoms with van der Waals surface area (Å²) in [5.41, 5.74) is 1.03. The van der Waals surface area contributed by atoms with Crippen molar-refractivity contribution in [1.29, 1.82) is 0 Å². The molecule has 0 radical (unpaired) electrons. The highest BCUT2D eigenvalue weighted by Gasteiger charge is 2.21. The van der Waals surface area contributed by atoms with Crippen molar-refractivity contribution < 1.29 is 9.47 Å². The van der Waals surface area contributed by atoms with E-state index >= 15 is 0 Å². The Balaban J connectivity index is 1.99. The van der Waals surface area contributed by atoms with Crippen LogP contribution >= 0.6 is 0 Å². The van der Waals surface area contributed by atoms with E-state index in [0.717, 1.165) is 63.4 Å². The van der Waals surface area contributed by atoms with E-state index in [1.807, 2.05) is 12.1 Å². The first kappa shape index (κ1) is 20.5. The summed E-state index contributed by atoms with van der Waals surface area (Å²) in [5.74, 6) is 1.67. The highest BCUT2D eigenvalue weighted by molar-refractivity contribution is 5.80. The van der Waals surface area contributed by atoms with E-state index < -0.39 is 0 Å². The molecule has 6 heteroatoms. The first-order chi connectivity index (χ1) is 12.8. The maximum absolute atomic E-state index is 5.83. The largest absolute Gasteiger partial charge is 0.477 e. The molecule has 0 saturated carbocycles. The second-order valence-electron chi connectivity index (χ2n) is 6.48. The quantitative estimate of drug-likeness (QED) is 0.415. The van der Waals surface area contributed by atoms with Crippen molar-refractivity contribution in [3.63, 3.8) is 0 Å². The van der Waals surface area contributed by atoms with Crippen LogP contribution in [0.3, 0.4) is 0 Å². The van der Waals surface area contributed by atoms with E-state index in [1.165, 1.54) is 0 Å². The summed E-state index contributed by atoms with van der Waals surface area (Å²) < 4.78 is 11.6. The molecule has 1 aliphatic rings. The summed E-state index contributed by atoms with van der Waals surface area (Å²) >= 11 is 0. The molecule has 1 N–H and O–H groups in total. The zero-order valence-electron chi connectivity index (χ0n) is 16.5. The molecule has 0 aliphatic carbocycles. The maximum atomic E-state index is 5.83. The van der Waals surface area contributed by atoms with E-state index in [4.69, 9.17) is 14.5 Å². The Kier molecular flexibility index (Phi) is 9.24. The molecule has 6 nitrogen and oxygen atoms in total. The van der Waals surface area contributed by atoms with Gasteiger partial charge in [0.25, 0.3) is 0 Å². The van der Waals surface area contributed by atoms with Gasteiger partial charge in [-0.15, -0.1) is 0 Å². The average molecular weight is 363 g/mol. The predicted molar refractivity (Wildman–Crippen MR) is 106 cm³/mol. The van der Waals surface area contributed by atoms with Gasteiger partial charge in [-0.3, -0.25) is 0 Å². The van der Waals surface area contributed by atoms with Crippen LogP contribution in [0.5, 0.6) is 5.88 Å². The topological polar surface area (TPSA) is 59.0 Å². The smallest absolute Gasteiger partial charge is 0.218 e. The van der Waals surface area contributed by atoms with Gasteiger partial charge in [0.15, 0.2) is 5.96 Å². The number of guanidine groups is 1. The summed E-state index contributed by atoms with van der Waals surface area (Å²) in [6.45, 7) is 11.2. The lowest BCUT2D eigenvalue weighted by Crippen LogP contribution is -2.47. The molecule has 0 aromatic carbocycles. The van der Waals surface area contributed by atoms with Crippen LogP contribution in [0.25, 0.3) is 0 Å². The van der Waals surface area contributed by atoms with Crippen LogP contribution < -0.4 is 10.1 Å². The van der Waals surface area contributed by atoms with Crippen molar-refractivity contribution in [3.05, 3.63) is 23.9 Å². The van der Waals surface area contributed by atoms with Crippen LogP contribution in [-0.2, 0) is 11.3 Å². The van der Waals surface area contributed by atoms with Crippen LogP contribution in [0.15, 0.2) is 23.3 Å². The van der Waals surface area contributed by atoms with Gasteiger partial charge in [0.05, 0.1) is 19.3 Å². The van der Waals surface area contributed by atoms with E-state index in [-0.39, 0.29) is 0 Å². The summed E-state index contributed by atoms with van der Waals surface area (Å²) in [7, 11) is 0. The molecule has 0 unspecified atom stereocenters. The van der Waals surface area contributed by atoms with Gasteiger partial charge in [0.2, 0.25) is 5.88 Å². The summed E-state index contributed by atoms with van der Waals surface area (Å²) in [5, 5.41) is 3.42. The van der Waals surface area contributed by atoms with E-state index in [2.05, 4.69) is 36.0 Å². The molecule has 0 bridgehead atoms. The number of unbranched alkanes of at least 4 members (excludes halogenated alkanes) is 1. The summed E-state index contributed by atoms with van der Waals surface area (Å²) in [6.07, 6.45) is 6.42. The third-order valence-corrected chi connectivity index (χ3v) is 4.46. The summed E-state index contributed by atoms with van der Waals surface area (Å²) in [6, 6.07) is 3.99. The minimum atomic E-state index is 0.385. The van der Waals surface area contributed by atoms with E-state index in [1.54, 1.807) is 6.20 Å². The predicted octanol–water partition coefficient (Wildman–Crippen LogP) is 3.23. The molecule has 1 aliphatic heterocycles. The Morgan fingerprint density at radius 2 is 2.12 bits per heavy atom. The third-order valence-electron chi connectivity index (χ3n) is 4.46. The molecule has 0 amide bonds. The van der Waals surface area contributed by atoms with Crippen LogP contribution in [0.4, 0.5) is 0 Å². The molecule has 1 fully saturated rings. The SMILES string of the molecule is CCCCOc1ncccc1CN=C(NCC)N1CCC(OCC)CC1. The molecule has 2 heterocycles. The Morgan fingerprint density at radius 3 is 2.81 bits per heavy atom. The lowest BCUT2D eigenvalue weighted by molar-refractivity contribution is 0.0263. The van der Waals surface area contributed by atoms with E-state index in [0.29, 0.717) is 25.1 Å².